The molecule has 3 nitrogen and oxygen atoms in total. The highest BCUT2D eigenvalue weighted by molar-refractivity contribution is 8.01. The number of anilines is 1. The van der Waals surface area contributed by atoms with Crippen molar-refractivity contribution in [3.63, 3.8) is 0 Å². The molecule has 4 atom stereocenters. The van der Waals surface area contributed by atoms with Gasteiger partial charge >= 0.3 is 0 Å². The van der Waals surface area contributed by atoms with Crippen LogP contribution in [0.4, 0.5) is 5.69 Å². The smallest absolute Gasteiger partial charge is 0.101 e. The van der Waals surface area contributed by atoms with E-state index in [1.54, 1.807) is 12.4 Å². The van der Waals surface area contributed by atoms with E-state index < -0.39 is 0 Å². The third kappa shape index (κ3) is 3.75. The van der Waals surface area contributed by atoms with Crippen molar-refractivity contribution in [2.75, 3.05) is 4.90 Å². The number of pyridine rings is 1. The number of nitriles is 1. The molecule has 3 aliphatic carbocycles. The fraction of sp³-hybridized carbons (Fsp3) is 0.267. The lowest BCUT2D eigenvalue weighted by Crippen LogP contribution is -2.57. The average Bonchev–Trinajstić information content (AvgIpc) is 2.92. The molecule has 1 aromatic carbocycles. The molecule has 168 valence electrons. The van der Waals surface area contributed by atoms with E-state index in [0.717, 1.165) is 24.8 Å². The lowest BCUT2D eigenvalue weighted by Gasteiger charge is -2.51. The van der Waals surface area contributed by atoms with Gasteiger partial charge in [0.1, 0.15) is 6.07 Å². The van der Waals surface area contributed by atoms with Crippen molar-refractivity contribution in [1.29, 1.82) is 5.26 Å². The Hall–Kier alpha value is -3.29. The minimum atomic E-state index is 0.363. The molecule has 0 N–H and O–H groups in total. The predicted octanol–water partition coefficient (Wildman–Crippen LogP) is 6.72. The van der Waals surface area contributed by atoms with E-state index in [2.05, 4.69) is 101 Å². The summed E-state index contributed by atoms with van der Waals surface area (Å²) in [5.41, 5.74) is 6.74. The van der Waals surface area contributed by atoms with Gasteiger partial charge in [0.15, 0.2) is 0 Å². The average molecular weight is 462 g/mol. The van der Waals surface area contributed by atoms with E-state index >= 15 is 0 Å². The lowest BCUT2D eigenvalue weighted by atomic mass is 9.87. The molecule has 1 aromatic heterocycles. The Morgan fingerprint density at radius 2 is 1.91 bits per heavy atom. The molecular weight excluding hydrogens is 434 g/mol. The second-order valence-corrected chi connectivity index (χ2v) is 10.6. The van der Waals surface area contributed by atoms with Gasteiger partial charge in [-0.1, -0.05) is 66.8 Å². The maximum absolute atomic E-state index is 9.61. The third-order valence-electron chi connectivity index (χ3n) is 7.27. The number of hydrogen-bond donors (Lipinski definition) is 0. The maximum atomic E-state index is 9.61. The summed E-state index contributed by atoms with van der Waals surface area (Å²) in [4.78, 5) is 6.86. The van der Waals surface area contributed by atoms with E-state index in [1.165, 1.54) is 28.8 Å². The normalized spacial score (nSPS) is 27.3. The van der Waals surface area contributed by atoms with Crippen LogP contribution in [0.3, 0.4) is 0 Å². The molecule has 1 fully saturated rings. The number of nitrogens with zero attached hydrogens (tertiary/aromatic N) is 3. The minimum Gasteiger partial charge on any atom is -0.359 e. The first kappa shape index (κ1) is 21.3. The van der Waals surface area contributed by atoms with Crippen LogP contribution >= 0.6 is 11.8 Å². The number of rotatable bonds is 3. The van der Waals surface area contributed by atoms with E-state index in [1.807, 2.05) is 6.07 Å². The second-order valence-electron chi connectivity index (χ2n) is 9.22. The molecule has 4 heteroatoms. The van der Waals surface area contributed by atoms with Gasteiger partial charge in [0, 0.05) is 40.2 Å². The summed E-state index contributed by atoms with van der Waals surface area (Å²) in [5, 5.41) is 10.6. The van der Waals surface area contributed by atoms with E-state index in [0.29, 0.717) is 28.1 Å². The minimum absolute atomic E-state index is 0.363. The fourth-order valence-corrected chi connectivity index (χ4v) is 7.30. The Morgan fingerprint density at radius 3 is 2.85 bits per heavy atom. The van der Waals surface area contributed by atoms with Crippen LogP contribution in [0.5, 0.6) is 0 Å². The predicted molar refractivity (Wildman–Crippen MR) is 142 cm³/mol. The van der Waals surface area contributed by atoms with Gasteiger partial charge in [-0.15, -0.1) is 11.8 Å². The van der Waals surface area contributed by atoms with Crippen molar-refractivity contribution >= 4 is 28.6 Å². The van der Waals surface area contributed by atoms with Gasteiger partial charge in [-0.25, -0.2) is 0 Å². The Labute approximate surface area is 205 Å². The Kier molecular flexibility index (Phi) is 5.73. The number of allylic oxidation sites excluding steroid dienone is 7. The van der Waals surface area contributed by atoms with Crippen LogP contribution in [0, 0.1) is 11.3 Å². The molecule has 1 saturated heterocycles. The number of fused-ring (bicyclic) bond motifs is 2. The largest absolute Gasteiger partial charge is 0.359 e. The first-order chi connectivity index (χ1) is 16.8. The van der Waals surface area contributed by atoms with Gasteiger partial charge in [0.05, 0.1) is 11.6 Å². The van der Waals surface area contributed by atoms with Crippen molar-refractivity contribution < 1.29 is 0 Å². The molecule has 1 aliphatic heterocycles. The summed E-state index contributed by atoms with van der Waals surface area (Å²) < 4.78 is 0. The summed E-state index contributed by atoms with van der Waals surface area (Å²) in [6.07, 6.45) is 26.3. The fourth-order valence-electron chi connectivity index (χ4n) is 5.73. The molecule has 0 amide bonds. The molecule has 4 unspecified atom stereocenters. The van der Waals surface area contributed by atoms with Gasteiger partial charge < -0.3 is 4.90 Å². The SMILES string of the molecule is N#Cc1cnccc1C1=CC(c2ccccc2N2C3C=CC=CC3SC3C=CCCC32)=CCC1. The van der Waals surface area contributed by atoms with Crippen molar-refractivity contribution in [2.24, 2.45) is 0 Å². The van der Waals surface area contributed by atoms with Crippen molar-refractivity contribution in [1.82, 2.24) is 4.98 Å². The number of hydrogen-bond acceptors (Lipinski definition) is 4. The molecular formula is C30H27N3S. The summed E-state index contributed by atoms with van der Waals surface area (Å²) in [7, 11) is 0. The van der Waals surface area contributed by atoms with Gasteiger partial charge in [-0.2, -0.15) is 5.26 Å². The molecule has 2 aromatic rings. The zero-order chi connectivity index (χ0) is 22.9. The quantitative estimate of drug-likeness (QED) is 0.476. The van der Waals surface area contributed by atoms with Crippen molar-refractivity contribution in [3.05, 3.63) is 108 Å². The van der Waals surface area contributed by atoms with Crippen LogP contribution in [-0.4, -0.2) is 27.6 Å². The first-order valence-electron chi connectivity index (χ1n) is 12.1. The van der Waals surface area contributed by atoms with Gasteiger partial charge in [-0.3, -0.25) is 4.98 Å². The summed E-state index contributed by atoms with van der Waals surface area (Å²) in [6, 6.07) is 14.1. The Balaban J connectivity index is 1.43. The highest BCUT2D eigenvalue weighted by atomic mass is 32.2. The van der Waals surface area contributed by atoms with Gasteiger partial charge in [0.25, 0.3) is 0 Å². The number of aromatic nitrogens is 1. The van der Waals surface area contributed by atoms with Crippen LogP contribution < -0.4 is 4.90 Å². The number of para-hydroxylation sites is 1. The van der Waals surface area contributed by atoms with Crippen LogP contribution in [0.15, 0.2) is 91.3 Å². The van der Waals surface area contributed by atoms with Crippen LogP contribution in [-0.2, 0) is 0 Å². The zero-order valence-corrected chi connectivity index (χ0v) is 19.9. The molecule has 6 rings (SSSR count). The molecule has 4 aliphatic rings. The topological polar surface area (TPSA) is 39.9 Å². The number of benzene rings is 1. The van der Waals surface area contributed by atoms with E-state index in [4.69, 9.17) is 0 Å². The first-order valence-corrected chi connectivity index (χ1v) is 13.1. The zero-order valence-electron chi connectivity index (χ0n) is 19.0. The molecule has 0 bridgehead atoms. The Morgan fingerprint density at radius 1 is 1.00 bits per heavy atom. The lowest BCUT2D eigenvalue weighted by molar-refractivity contribution is 0.502. The standard InChI is InChI=1S/C30H27N3S/c31-19-23-20-32-17-16-24(23)21-8-7-9-22(18-21)25-10-1-2-11-26(25)33-27-12-3-5-14-29(27)34-30-15-6-4-13-28(30)33/h1-3,5-6,9-12,14-18,20,27-30H,4,7-8,13H2. The molecule has 2 heterocycles. The highest BCUT2D eigenvalue weighted by Crippen LogP contribution is 2.46. The van der Waals surface area contributed by atoms with Crippen LogP contribution in [0.2, 0.25) is 0 Å². The van der Waals surface area contributed by atoms with Gasteiger partial charge in [0.2, 0.25) is 0 Å². The van der Waals surface area contributed by atoms with Crippen LogP contribution in [0.25, 0.3) is 11.1 Å². The summed E-state index contributed by atoms with van der Waals surface area (Å²) in [5.74, 6) is 0. The van der Waals surface area contributed by atoms with Crippen molar-refractivity contribution in [3.8, 4) is 6.07 Å². The molecule has 0 radical (unpaired) electrons. The molecule has 0 spiro atoms. The highest BCUT2D eigenvalue weighted by Gasteiger charge is 2.42. The van der Waals surface area contributed by atoms with Crippen molar-refractivity contribution in [2.45, 2.75) is 48.3 Å². The Bertz CT molecular complexity index is 1290. The van der Waals surface area contributed by atoms with E-state index in [-0.39, 0.29) is 0 Å². The van der Waals surface area contributed by atoms with E-state index in [9.17, 15) is 5.26 Å². The van der Waals surface area contributed by atoms with Crippen LogP contribution in [0.1, 0.15) is 42.4 Å². The summed E-state index contributed by atoms with van der Waals surface area (Å²) in [6.45, 7) is 0. The third-order valence-corrected chi connectivity index (χ3v) is 8.81. The second kappa shape index (κ2) is 9.16. The molecule has 34 heavy (non-hydrogen) atoms. The summed E-state index contributed by atoms with van der Waals surface area (Å²) >= 11 is 2.11. The monoisotopic (exact) mass is 461 g/mol. The number of thioether (sulfide) groups is 1. The maximum Gasteiger partial charge on any atom is 0.101 e. The van der Waals surface area contributed by atoms with Gasteiger partial charge in [-0.05, 0) is 54.5 Å². The molecule has 0 saturated carbocycles.